The highest BCUT2D eigenvalue weighted by atomic mass is 16.3. The van der Waals surface area contributed by atoms with Gasteiger partial charge in [0, 0.05) is 56.4 Å². The van der Waals surface area contributed by atoms with Crippen molar-refractivity contribution in [3.63, 3.8) is 0 Å². The number of rotatable bonds is 6. The second-order valence-corrected chi connectivity index (χ2v) is 6.12. The molecule has 1 fully saturated rings. The van der Waals surface area contributed by atoms with Crippen LogP contribution in [0.25, 0.3) is 10.9 Å². The van der Waals surface area contributed by atoms with Gasteiger partial charge in [-0.15, -0.1) is 0 Å². The number of hydrogen-bond acceptors (Lipinski definition) is 3. The number of aromatic nitrogens is 1. The Morgan fingerprint density at radius 1 is 1.18 bits per heavy atom. The summed E-state index contributed by atoms with van der Waals surface area (Å²) in [6.07, 6.45) is 4.39. The highest BCUT2D eigenvalue weighted by Crippen LogP contribution is 2.24. The van der Waals surface area contributed by atoms with Crippen LogP contribution in [-0.4, -0.2) is 53.9 Å². The second kappa shape index (κ2) is 7.27. The van der Waals surface area contributed by atoms with Crippen LogP contribution in [0.5, 0.6) is 0 Å². The van der Waals surface area contributed by atoms with Gasteiger partial charge in [-0.3, -0.25) is 0 Å². The fourth-order valence-electron chi connectivity index (χ4n) is 3.34. The molecule has 1 aromatic carbocycles. The molecule has 22 heavy (non-hydrogen) atoms. The molecule has 0 aliphatic carbocycles. The number of fused-ring (bicyclic) bond motifs is 1. The molecule has 0 spiro atoms. The Morgan fingerprint density at radius 3 is 2.73 bits per heavy atom. The first-order chi connectivity index (χ1) is 10.8. The molecule has 0 amide bonds. The molecule has 120 valence electrons. The monoisotopic (exact) mass is 301 g/mol. The number of benzene rings is 1. The Labute approximate surface area is 132 Å². The molecule has 2 aromatic rings. The van der Waals surface area contributed by atoms with Crippen molar-refractivity contribution in [3.05, 3.63) is 35.5 Å². The van der Waals surface area contributed by atoms with Gasteiger partial charge in [-0.2, -0.15) is 0 Å². The highest BCUT2D eigenvalue weighted by Gasteiger charge is 2.13. The zero-order valence-corrected chi connectivity index (χ0v) is 13.5. The topological polar surface area (TPSA) is 40.4 Å². The first-order valence-corrected chi connectivity index (χ1v) is 8.46. The van der Waals surface area contributed by atoms with E-state index in [1.807, 2.05) is 0 Å². The number of piperazine rings is 1. The molecule has 2 N–H and O–H groups in total. The summed E-state index contributed by atoms with van der Waals surface area (Å²) in [5.41, 5.74) is 4.05. The summed E-state index contributed by atoms with van der Waals surface area (Å²) in [6, 6.07) is 6.74. The lowest BCUT2D eigenvalue weighted by atomic mass is 10.1. The molecule has 0 atom stereocenters. The van der Waals surface area contributed by atoms with Gasteiger partial charge in [0.1, 0.15) is 0 Å². The summed E-state index contributed by atoms with van der Waals surface area (Å²) < 4.78 is 2.20. The predicted octanol–water partition coefficient (Wildman–Crippen LogP) is 1.64. The van der Waals surface area contributed by atoms with E-state index in [9.17, 15) is 5.11 Å². The van der Waals surface area contributed by atoms with Crippen LogP contribution in [0.15, 0.2) is 24.4 Å². The van der Waals surface area contributed by atoms with Crippen LogP contribution in [0.3, 0.4) is 0 Å². The molecule has 0 saturated carbocycles. The Bertz CT molecular complexity index is 614. The molecule has 1 saturated heterocycles. The summed E-state index contributed by atoms with van der Waals surface area (Å²) in [6.45, 7) is 8.69. The minimum absolute atomic E-state index is 0.191. The van der Waals surface area contributed by atoms with Crippen molar-refractivity contribution in [1.29, 1.82) is 0 Å². The third kappa shape index (κ3) is 3.35. The zero-order valence-electron chi connectivity index (χ0n) is 13.5. The molecule has 0 unspecified atom stereocenters. The summed E-state index contributed by atoms with van der Waals surface area (Å²) >= 11 is 0. The summed E-state index contributed by atoms with van der Waals surface area (Å²) in [5.74, 6) is 0. The highest BCUT2D eigenvalue weighted by molar-refractivity contribution is 5.84. The molecule has 2 heterocycles. The molecule has 0 bridgehead atoms. The summed E-state index contributed by atoms with van der Waals surface area (Å²) in [4.78, 5) is 2.54. The van der Waals surface area contributed by atoms with E-state index in [1.165, 1.54) is 22.0 Å². The van der Waals surface area contributed by atoms with E-state index in [4.69, 9.17) is 0 Å². The summed E-state index contributed by atoms with van der Waals surface area (Å²) in [7, 11) is 0. The van der Waals surface area contributed by atoms with Crippen molar-refractivity contribution in [2.45, 2.75) is 26.3 Å². The van der Waals surface area contributed by atoms with Gasteiger partial charge >= 0.3 is 0 Å². The molecular formula is C18H27N3O. The van der Waals surface area contributed by atoms with E-state index in [-0.39, 0.29) is 6.61 Å². The van der Waals surface area contributed by atoms with Crippen molar-refractivity contribution in [2.24, 2.45) is 0 Å². The van der Waals surface area contributed by atoms with Gasteiger partial charge < -0.3 is 19.9 Å². The number of aliphatic hydroxyl groups excluding tert-OH is 1. The Balaban J connectivity index is 1.83. The number of aliphatic hydroxyl groups is 1. The van der Waals surface area contributed by atoms with E-state index in [0.717, 1.165) is 45.6 Å². The van der Waals surface area contributed by atoms with E-state index in [0.29, 0.717) is 6.54 Å². The Hall–Kier alpha value is -1.36. The summed E-state index contributed by atoms with van der Waals surface area (Å²) in [5, 5.41) is 14.1. The van der Waals surface area contributed by atoms with E-state index >= 15 is 0 Å². The molecule has 3 rings (SSSR count). The van der Waals surface area contributed by atoms with Crippen LogP contribution in [0.2, 0.25) is 0 Å². The number of nitrogens with zero attached hydrogens (tertiary/aromatic N) is 2. The largest absolute Gasteiger partial charge is 0.395 e. The van der Waals surface area contributed by atoms with Gasteiger partial charge in [0.15, 0.2) is 0 Å². The standard InChI is InChI=1S/C18H27N3O/c1-2-15-3-4-18-17(13-15)16(14-21(18)11-12-22)5-8-20-9-6-19-7-10-20/h3-4,13-14,19,22H,2,5-12H2,1H3. The van der Waals surface area contributed by atoms with Crippen LogP contribution >= 0.6 is 0 Å². The molecule has 1 aliphatic rings. The molecule has 4 nitrogen and oxygen atoms in total. The maximum Gasteiger partial charge on any atom is 0.0610 e. The van der Waals surface area contributed by atoms with E-state index < -0.39 is 0 Å². The lowest BCUT2D eigenvalue weighted by molar-refractivity contribution is 0.244. The zero-order chi connectivity index (χ0) is 15.4. The average Bonchev–Trinajstić information content (AvgIpc) is 2.91. The molecule has 1 aliphatic heterocycles. The van der Waals surface area contributed by atoms with E-state index in [2.05, 4.69) is 46.1 Å². The number of nitrogens with one attached hydrogen (secondary N) is 1. The van der Waals surface area contributed by atoms with Gasteiger partial charge in [-0.1, -0.05) is 13.0 Å². The molecule has 0 radical (unpaired) electrons. The lowest BCUT2D eigenvalue weighted by Gasteiger charge is -2.26. The number of aryl methyl sites for hydroxylation is 1. The Kier molecular flexibility index (Phi) is 5.13. The van der Waals surface area contributed by atoms with Crippen molar-refractivity contribution in [3.8, 4) is 0 Å². The van der Waals surface area contributed by atoms with Crippen molar-refractivity contribution in [2.75, 3.05) is 39.3 Å². The van der Waals surface area contributed by atoms with E-state index in [1.54, 1.807) is 0 Å². The van der Waals surface area contributed by atoms with Crippen LogP contribution in [-0.2, 0) is 19.4 Å². The second-order valence-electron chi connectivity index (χ2n) is 6.12. The lowest BCUT2D eigenvalue weighted by Crippen LogP contribution is -2.44. The normalized spacial score (nSPS) is 16.5. The maximum atomic E-state index is 9.29. The SMILES string of the molecule is CCc1ccc2c(c1)c(CCN1CCNCC1)cn2CCO. The molecule has 4 heteroatoms. The molecular weight excluding hydrogens is 274 g/mol. The van der Waals surface area contributed by atoms with Gasteiger partial charge in [0.05, 0.1) is 6.61 Å². The van der Waals surface area contributed by atoms with Crippen molar-refractivity contribution < 1.29 is 5.11 Å². The first-order valence-electron chi connectivity index (χ1n) is 8.46. The fraction of sp³-hybridized carbons (Fsp3) is 0.556. The minimum atomic E-state index is 0.191. The van der Waals surface area contributed by atoms with Crippen LogP contribution in [0.1, 0.15) is 18.1 Å². The average molecular weight is 301 g/mol. The van der Waals surface area contributed by atoms with Gasteiger partial charge in [0.25, 0.3) is 0 Å². The van der Waals surface area contributed by atoms with Crippen LogP contribution in [0, 0.1) is 0 Å². The quantitative estimate of drug-likeness (QED) is 0.852. The number of hydrogen-bond donors (Lipinski definition) is 2. The fourth-order valence-corrected chi connectivity index (χ4v) is 3.34. The van der Waals surface area contributed by atoms with Crippen LogP contribution < -0.4 is 5.32 Å². The van der Waals surface area contributed by atoms with Gasteiger partial charge in [-0.05, 0) is 36.1 Å². The first kappa shape index (κ1) is 15.5. The van der Waals surface area contributed by atoms with Crippen LogP contribution in [0.4, 0.5) is 0 Å². The van der Waals surface area contributed by atoms with Gasteiger partial charge in [-0.25, -0.2) is 0 Å². The third-order valence-electron chi connectivity index (χ3n) is 4.68. The Morgan fingerprint density at radius 2 is 2.00 bits per heavy atom. The van der Waals surface area contributed by atoms with Crippen molar-refractivity contribution in [1.82, 2.24) is 14.8 Å². The molecule has 1 aromatic heterocycles. The smallest absolute Gasteiger partial charge is 0.0610 e. The van der Waals surface area contributed by atoms with Gasteiger partial charge in [0.2, 0.25) is 0 Å². The predicted molar refractivity (Wildman–Crippen MR) is 91.4 cm³/mol. The van der Waals surface area contributed by atoms with Crippen molar-refractivity contribution >= 4 is 10.9 Å². The third-order valence-corrected chi connectivity index (χ3v) is 4.68. The minimum Gasteiger partial charge on any atom is -0.395 e. The maximum absolute atomic E-state index is 9.29.